The molecule has 0 radical (unpaired) electrons. The highest BCUT2D eigenvalue weighted by Crippen LogP contribution is 2.24. The van der Waals surface area contributed by atoms with Crippen molar-refractivity contribution in [3.63, 3.8) is 0 Å². The second-order valence-electron chi connectivity index (χ2n) is 4.94. The Morgan fingerprint density at radius 1 is 1.47 bits per heavy atom. The van der Waals surface area contributed by atoms with Gasteiger partial charge in [-0.15, -0.1) is 0 Å². The van der Waals surface area contributed by atoms with Crippen molar-refractivity contribution in [2.24, 2.45) is 5.92 Å². The van der Waals surface area contributed by atoms with Crippen LogP contribution in [0.1, 0.15) is 23.2 Å². The van der Waals surface area contributed by atoms with Crippen LogP contribution in [0.25, 0.3) is 0 Å². The van der Waals surface area contributed by atoms with Crippen molar-refractivity contribution in [1.82, 2.24) is 4.90 Å². The quantitative estimate of drug-likeness (QED) is 0.866. The minimum Gasteiger partial charge on any atom is -0.397 e. The highest BCUT2D eigenvalue weighted by molar-refractivity contribution is 6.33. The van der Waals surface area contributed by atoms with Crippen LogP contribution in [0, 0.1) is 5.92 Å². The van der Waals surface area contributed by atoms with Gasteiger partial charge in [-0.25, -0.2) is 0 Å². The van der Waals surface area contributed by atoms with Gasteiger partial charge in [0.25, 0.3) is 5.91 Å². The molecular formula is C14H19ClN2O2. The van der Waals surface area contributed by atoms with E-state index >= 15 is 0 Å². The van der Waals surface area contributed by atoms with Gasteiger partial charge in [-0.2, -0.15) is 0 Å². The van der Waals surface area contributed by atoms with Gasteiger partial charge in [0, 0.05) is 26.8 Å². The van der Waals surface area contributed by atoms with Crippen LogP contribution in [0.3, 0.4) is 0 Å². The summed E-state index contributed by atoms with van der Waals surface area (Å²) in [5.74, 6) is 0.426. The van der Waals surface area contributed by atoms with Gasteiger partial charge < -0.3 is 15.4 Å². The zero-order valence-electron chi connectivity index (χ0n) is 11.1. The maximum atomic E-state index is 12.3. The zero-order valence-corrected chi connectivity index (χ0v) is 11.8. The average molecular weight is 283 g/mol. The fraction of sp³-hybridized carbons (Fsp3) is 0.500. The van der Waals surface area contributed by atoms with Crippen LogP contribution in [0.4, 0.5) is 5.69 Å². The predicted octanol–water partition coefficient (Wildman–Crippen LogP) is 2.42. The number of carbonyl (C=O) groups is 1. The van der Waals surface area contributed by atoms with Crippen molar-refractivity contribution in [3.05, 3.63) is 28.8 Å². The molecule has 4 nitrogen and oxygen atoms in total. The lowest BCUT2D eigenvalue weighted by atomic mass is 9.99. The Morgan fingerprint density at radius 3 is 2.84 bits per heavy atom. The Hall–Kier alpha value is -1.26. The number of nitrogens with two attached hydrogens (primary N) is 1. The van der Waals surface area contributed by atoms with Crippen molar-refractivity contribution < 1.29 is 9.53 Å². The fourth-order valence-corrected chi connectivity index (χ4v) is 2.50. The summed E-state index contributed by atoms with van der Waals surface area (Å²) in [6.45, 7) is 2.30. The van der Waals surface area contributed by atoms with Crippen LogP contribution in [-0.4, -0.2) is 37.6 Å². The maximum absolute atomic E-state index is 12.3. The summed E-state index contributed by atoms with van der Waals surface area (Å²) >= 11 is 5.94. The van der Waals surface area contributed by atoms with E-state index < -0.39 is 0 Å². The van der Waals surface area contributed by atoms with Gasteiger partial charge in [0.2, 0.25) is 0 Å². The molecule has 19 heavy (non-hydrogen) atoms. The van der Waals surface area contributed by atoms with E-state index in [0.717, 1.165) is 32.6 Å². The second kappa shape index (κ2) is 6.26. The molecule has 5 heteroatoms. The predicted molar refractivity (Wildman–Crippen MR) is 76.4 cm³/mol. The summed E-state index contributed by atoms with van der Waals surface area (Å²) in [5, 5.41) is 0.422. The number of ether oxygens (including phenoxy) is 1. The molecule has 104 valence electrons. The molecule has 0 aromatic heterocycles. The summed E-state index contributed by atoms with van der Waals surface area (Å²) in [7, 11) is 1.80. The van der Waals surface area contributed by atoms with Gasteiger partial charge in [-0.1, -0.05) is 17.7 Å². The lowest BCUT2D eigenvalue weighted by Crippen LogP contribution is -2.34. The number of hydrogen-bond acceptors (Lipinski definition) is 3. The molecule has 1 heterocycles. The lowest BCUT2D eigenvalue weighted by Gasteiger charge is -2.27. The lowest BCUT2D eigenvalue weighted by molar-refractivity contribution is 0.0497. The molecule has 0 aliphatic carbocycles. The van der Waals surface area contributed by atoms with E-state index in [1.54, 1.807) is 30.1 Å². The van der Waals surface area contributed by atoms with Gasteiger partial charge in [0.15, 0.2) is 0 Å². The molecule has 0 atom stereocenters. The number of para-hydroxylation sites is 1. The third-order valence-electron chi connectivity index (χ3n) is 3.50. The minimum atomic E-state index is -0.0773. The molecule has 1 aliphatic heterocycles. The molecule has 1 fully saturated rings. The Labute approximate surface area is 118 Å². The molecule has 1 saturated heterocycles. The molecule has 0 spiro atoms. The Kier molecular flexibility index (Phi) is 4.66. The summed E-state index contributed by atoms with van der Waals surface area (Å²) in [5.41, 5.74) is 6.68. The smallest absolute Gasteiger partial charge is 0.255 e. The molecule has 0 saturated carbocycles. The molecule has 1 aromatic carbocycles. The van der Waals surface area contributed by atoms with E-state index in [-0.39, 0.29) is 5.91 Å². The largest absolute Gasteiger partial charge is 0.397 e. The Balaban J connectivity index is 2.03. The molecule has 0 bridgehead atoms. The summed E-state index contributed by atoms with van der Waals surface area (Å²) in [6.07, 6.45) is 2.01. The van der Waals surface area contributed by atoms with Gasteiger partial charge in [0.1, 0.15) is 0 Å². The van der Waals surface area contributed by atoms with Gasteiger partial charge >= 0.3 is 0 Å². The third-order valence-corrected chi connectivity index (χ3v) is 3.83. The molecule has 1 aromatic rings. The number of carbonyl (C=O) groups excluding carboxylic acids is 1. The SMILES string of the molecule is CN(CC1CCOCC1)C(=O)c1cccc(Cl)c1N. The summed E-state index contributed by atoms with van der Waals surface area (Å²) < 4.78 is 5.32. The Bertz CT molecular complexity index is 459. The van der Waals surface area contributed by atoms with Crippen molar-refractivity contribution in [2.45, 2.75) is 12.8 Å². The van der Waals surface area contributed by atoms with Crippen LogP contribution < -0.4 is 5.73 Å². The van der Waals surface area contributed by atoms with Crippen molar-refractivity contribution in [2.75, 3.05) is 32.5 Å². The minimum absolute atomic E-state index is 0.0773. The monoisotopic (exact) mass is 282 g/mol. The molecule has 0 unspecified atom stereocenters. The van der Waals surface area contributed by atoms with Crippen molar-refractivity contribution >= 4 is 23.2 Å². The van der Waals surface area contributed by atoms with Crippen LogP contribution >= 0.6 is 11.6 Å². The second-order valence-corrected chi connectivity index (χ2v) is 5.35. The number of nitrogen functional groups attached to an aromatic ring is 1. The number of nitrogens with zero attached hydrogens (tertiary/aromatic N) is 1. The maximum Gasteiger partial charge on any atom is 0.255 e. The first-order valence-electron chi connectivity index (χ1n) is 6.46. The van der Waals surface area contributed by atoms with Crippen molar-refractivity contribution in [1.29, 1.82) is 0 Å². The highest BCUT2D eigenvalue weighted by atomic mass is 35.5. The van der Waals surface area contributed by atoms with E-state index in [2.05, 4.69) is 0 Å². The first-order valence-corrected chi connectivity index (χ1v) is 6.84. The van der Waals surface area contributed by atoms with Crippen LogP contribution in [0.15, 0.2) is 18.2 Å². The third kappa shape index (κ3) is 3.39. The first kappa shape index (κ1) is 14.2. The number of amides is 1. The van der Waals surface area contributed by atoms with Crippen LogP contribution in [0.2, 0.25) is 5.02 Å². The molecule has 1 amide bonds. The molecule has 2 rings (SSSR count). The standard InChI is InChI=1S/C14H19ClN2O2/c1-17(9-10-5-7-19-8-6-10)14(18)11-3-2-4-12(15)13(11)16/h2-4,10H,5-9,16H2,1H3. The normalized spacial score (nSPS) is 16.3. The van der Waals surface area contributed by atoms with E-state index in [4.69, 9.17) is 22.1 Å². The van der Waals surface area contributed by atoms with Gasteiger partial charge in [0.05, 0.1) is 16.3 Å². The van der Waals surface area contributed by atoms with Gasteiger partial charge in [-0.3, -0.25) is 4.79 Å². The molecule has 1 aliphatic rings. The van der Waals surface area contributed by atoms with E-state index in [1.165, 1.54) is 0 Å². The first-order chi connectivity index (χ1) is 9.09. The number of hydrogen-bond donors (Lipinski definition) is 1. The van der Waals surface area contributed by atoms with Crippen LogP contribution in [-0.2, 0) is 4.74 Å². The molecule has 2 N–H and O–H groups in total. The number of benzene rings is 1. The zero-order chi connectivity index (χ0) is 13.8. The summed E-state index contributed by atoms with van der Waals surface area (Å²) in [4.78, 5) is 14.1. The number of anilines is 1. The van der Waals surface area contributed by atoms with E-state index in [1.807, 2.05) is 0 Å². The Morgan fingerprint density at radius 2 is 2.16 bits per heavy atom. The number of rotatable bonds is 3. The summed E-state index contributed by atoms with van der Waals surface area (Å²) in [6, 6.07) is 5.14. The average Bonchev–Trinajstić information content (AvgIpc) is 2.42. The highest BCUT2D eigenvalue weighted by Gasteiger charge is 2.21. The van der Waals surface area contributed by atoms with E-state index in [9.17, 15) is 4.79 Å². The van der Waals surface area contributed by atoms with E-state index in [0.29, 0.717) is 22.2 Å². The van der Waals surface area contributed by atoms with Gasteiger partial charge in [-0.05, 0) is 30.9 Å². The number of halogens is 1. The fourth-order valence-electron chi connectivity index (χ4n) is 2.33. The topological polar surface area (TPSA) is 55.6 Å². The van der Waals surface area contributed by atoms with Crippen LogP contribution in [0.5, 0.6) is 0 Å². The van der Waals surface area contributed by atoms with Crippen molar-refractivity contribution in [3.8, 4) is 0 Å². The molecular weight excluding hydrogens is 264 g/mol.